The second kappa shape index (κ2) is 13.3. The Labute approximate surface area is 210 Å². The molecule has 2 aliphatic heterocycles. The summed E-state index contributed by atoms with van der Waals surface area (Å²) in [5.41, 5.74) is -1.75. The lowest BCUT2D eigenvalue weighted by Gasteiger charge is -2.39. The molecule has 3 heterocycles. The monoisotopic (exact) mass is 602 g/mol. The molecule has 23 heteroatoms. The van der Waals surface area contributed by atoms with Crippen molar-refractivity contribution in [2.45, 2.75) is 55.2 Å². The van der Waals surface area contributed by atoms with Crippen LogP contribution in [0.4, 0.5) is 0 Å². The van der Waals surface area contributed by atoms with Gasteiger partial charge >= 0.3 is 21.3 Å². The summed E-state index contributed by atoms with van der Waals surface area (Å²) in [4.78, 5) is 44.5. The van der Waals surface area contributed by atoms with E-state index in [0.717, 1.165) is 16.8 Å². The zero-order valence-electron chi connectivity index (χ0n) is 18.9. The van der Waals surface area contributed by atoms with Gasteiger partial charge in [-0.2, -0.15) is 4.31 Å². The van der Waals surface area contributed by atoms with Crippen molar-refractivity contribution in [2.75, 3.05) is 13.2 Å². The topological polar surface area (TPSA) is 360 Å². The first-order valence-corrected chi connectivity index (χ1v) is 13.0. The minimum atomic E-state index is -5.59. The van der Waals surface area contributed by atoms with Crippen LogP contribution in [0.3, 0.4) is 0 Å². The first-order chi connectivity index (χ1) is 16.7. The highest BCUT2D eigenvalue weighted by molar-refractivity contribution is 7.61. The molecule has 0 aromatic carbocycles. The van der Waals surface area contributed by atoms with E-state index in [1.54, 1.807) is 0 Å². The van der Waals surface area contributed by atoms with Crippen LogP contribution in [0.25, 0.3) is 0 Å². The number of ether oxygens (including phenoxy) is 2. The van der Waals surface area contributed by atoms with Crippen molar-refractivity contribution in [3.8, 4) is 0 Å². The standard InChI is InChI=1S/C15H24N2O17P2.2H2O/c18-3-5-8(20)10(22)12(24)14(32-5)33-36(28,29)34-35(26,27)30-4-6-9(21)11(23)13(31-6)17-2-1-7(19)16-15(17)25;;/h1-2,5-6,8-14,18,20-24H,3-4H2,(H,26,27)(H,28,29)(H,16,19,25);2*1H2/t5-,6+,8+,9-,10?,11+,12-,13+,14-;;/m1../s1. The van der Waals surface area contributed by atoms with Crippen LogP contribution >= 0.6 is 15.6 Å². The van der Waals surface area contributed by atoms with Gasteiger partial charge in [-0.05, 0) is 0 Å². The van der Waals surface area contributed by atoms with Gasteiger partial charge in [0.1, 0.15) is 42.7 Å². The number of aromatic amines is 1. The van der Waals surface area contributed by atoms with Gasteiger partial charge in [0.05, 0.1) is 13.2 Å². The molecule has 1 aromatic rings. The van der Waals surface area contributed by atoms with Gasteiger partial charge in [-0.3, -0.25) is 23.4 Å². The third-order valence-electron chi connectivity index (χ3n) is 5.16. The third-order valence-corrected chi connectivity index (χ3v) is 7.76. The number of aliphatic hydroxyl groups is 6. The molecule has 222 valence electrons. The Kier molecular flexibility index (Phi) is 12.1. The summed E-state index contributed by atoms with van der Waals surface area (Å²) in [5.74, 6) is 0. The molecular formula is C15H28N2O19P2. The second-order valence-electron chi connectivity index (χ2n) is 7.68. The number of aliphatic hydroxyl groups excluding tert-OH is 6. The average molecular weight is 602 g/mol. The van der Waals surface area contributed by atoms with Gasteiger partial charge in [0.15, 0.2) is 12.5 Å². The summed E-state index contributed by atoms with van der Waals surface area (Å²) in [6.45, 7) is -1.93. The van der Waals surface area contributed by atoms with Crippen LogP contribution in [-0.2, 0) is 32.0 Å². The van der Waals surface area contributed by atoms with Gasteiger partial charge in [0.2, 0.25) is 0 Å². The molecule has 3 unspecified atom stereocenters. The van der Waals surface area contributed by atoms with Gasteiger partial charge in [-0.1, -0.05) is 0 Å². The molecule has 0 amide bonds. The Morgan fingerprint density at radius 1 is 0.895 bits per heavy atom. The first kappa shape index (κ1) is 34.6. The summed E-state index contributed by atoms with van der Waals surface area (Å²) in [5, 5.41) is 58.6. The van der Waals surface area contributed by atoms with Gasteiger partial charge < -0.3 is 60.9 Å². The summed E-state index contributed by atoms with van der Waals surface area (Å²) >= 11 is 0. The van der Waals surface area contributed by atoms with E-state index in [2.05, 4.69) is 13.4 Å². The molecular weight excluding hydrogens is 574 g/mol. The maximum atomic E-state index is 12.2. The Morgan fingerprint density at radius 3 is 2.08 bits per heavy atom. The predicted molar refractivity (Wildman–Crippen MR) is 116 cm³/mol. The van der Waals surface area contributed by atoms with E-state index in [4.69, 9.17) is 14.6 Å². The lowest BCUT2D eigenvalue weighted by molar-refractivity contribution is -0.280. The van der Waals surface area contributed by atoms with Crippen molar-refractivity contribution in [3.05, 3.63) is 33.1 Å². The van der Waals surface area contributed by atoms with E-state index in [9.17, 15) is 54.0 Å². The van der Waals surface area contributed by atoms with Crippen LogP contribution < -0.4 is 11.2 Å². The van der Waals surface area contributed by atoms with Crippen molar-refractivity contribution in [1.82, 2.24) is 9.55 Å². The Balaban J connectivity index is 0.00000361. The molecule has 38 heavy (non-hydrogen) atoms. The highest BCUT2D eigenvalue weighted by atomic mass is 31.3. The van der Waals surface area contributed by atoms with Crippen molar-refractivity contribution in [1.29, 1.82) is 0 Å². The SMILES string of the molecule is O.O.O=c1ccn([C@H]2O[C@@H](COP(=O)(O)OP(=O)(O)O[C@H]3O[C@H](CO)[C@H](O)C(O)[C@H]3O)[C@@H](O)[C@@H]2O)c(=O)[nH]1. The summed E-state index contributed by atoms with van der Waals surface area (Å²) in [6, 6.07) is 0.928. The third kappa shape index (κ3) is 7.81. The number of H-pyrrole nitrogens is 1. The van der Waals surface area contributed by atoms with Crippen LogP contribution in [0.2, 0.25) is 0 Å². The van der Waals surface area contributed by atoms with Gasteiger partial charge in [-0.25, -0.2) is 13.9 Å². The molecule has 11 atom stereocenters. The fourth-order valence-corrected chi connectivity index (χ4v) is 5.51. The lowest BCUT2D eigenvalue weighted by Crippen LogP contribution is -2.58. The van der Waals surface area contributed by atoms with E-state index in [1.165, 1.54) is 0 Å². The number of hydrogen-bond donors (Lipinski definition) is 9. The van der Waals surface area contributed by atoms with Crippen LogP contribution in [0.5, 0.6) is 0 Å². The molecule has 2 saturated heterocycles. The molecule has 13 N–H and O–H groups in total. The molecule has 2 aliphatic rings. The van der Waals surface area contributed by atoms with Gasteiger partial charge in [0.25, 0.3) is 5.56 Å². The summed E-state index contributed by atoms with van der Waals surface area (Å²) in [7, 11) is -11.1. The molecule has 3 rings (SSSR count). The number of rotatable bonds is 9. The number of hydrogen-bond acceptors (Lipinski definition) is 15. The van der Waals surface area contributed by atoms with E-state index in [-0.39, 0.29) is 11.0 Å². The molecule has 1 aromatic heterocycles. The highest BCUT2D eigenvalue weighted by Gasteiger charge is 2.49. The van der Waals surface area contributed by atoms with Gasteiger partial charge in [0, 0.05) is 12.3 Å². The normalized spacial score (nSPS) is 36.4. The maximum Gasteiger partial charge on any atom is 0.483 e. The zero-order valence-corrected chi connectivity index (χ0v) is 20.6. The molecule has 2 fully saturated rings. The minimum absolute atomic E-state index is 0. The van der Waals surface area contributed by atoms with E-state index in [1.807, 2.05) is 4.98 Å². The summed E-state index contributed by atoms with van der Waals surface area (Å²) in [6.07, 6.45) is -15.4. The van der Waals surface area contributed by atoms with E-state index >= 15 is 0 Å². The van der Waals surface area contributed by atoms with Crippen molar-refractivity contribution in [3.63, 3.8) is 0 Å². The van der Waals surface area contributed by atoms with E-state index < -0.39 is 95.4 Å². The highest BCUT2D eigenvalue weighted by Crippen LogP contribution is 2.61. The fraction of sp³-hybridized carbons (Fsp3) is 0.733. The number of phosphoric ester groups is 2. The van der Waals surface area contributed by atoms with Crippen molar-refractivity contribution in [2.24, 2.45) is 0 Å². The smallest absolute Gasteiger partial charge is 0.412 e. The van der Waals surface area contributed by atoms with E-state index in [0.29, 0.717) is 0 Å². The second-order valence-corrected chi connectivity index (χ2v) is 10.7. The summed E-state index contributed by atoms with van der Waals surface area (Å²) < 4.78 is 48.1. The average Bonchev–Trinajstić information content (AvgIpc) is 3.06. The molecule has 21 nitrogen and oxygen atoms in total. The van der Waals surface area contributed by atoms with Crippen LogP contribution in [0.1, 0.15) is 6.23 Å². The zero-order chi connectivity index (χ0) is 27.0. The quantitative estimate of drug-likeness (QED) is 0.119. The number of phosphoric acid groups is 2. The van der Waals surface area contributed by atoms with Gasteiger partial charge in [-0.15, -0.1) is 0 Å². The largest absolute Gasteiger partial charge is 0.483 e. The fourth-order valence-electron chi connectivity index (χ4n) is 3.35. The molecule has 0 saturated carbocycles. The lowest BCUT2D eigenvalue weighted by atomic mass is 10.00. The van der Waals surface area contributed by atoms with Crippen LogP contribution in [0, 0.1) is 0 Å². The molecule has 0 spiro atoms. The van der Waals surface area contributed by atoms with Crippen molar-refractivity contribution >= 4 is 15.6 Å². The maximum absolute atomic E-state index is 12.2. The number of aromatic nitrogens is 2. The molecule has 0 aliphatic carbocycles. The van der Waals surface area contributed by atoms with Crippen LogP contribution in [0.15, 0.2) is 21.9 Å². The Morgan fingerprint density at radius 2 is 1.50 bits per heavy atom. The first-order valence-electron chi connectivity index (χ1n) is 9.99. The number of nitrogens with zero attached hydrogens (tertiary/aromatic N) is 1. The predicted octanol–water partition coefficient (Wildman–Crippen LogP) is -6.44. The molecule has 0 radical (unpaired) electrons. The Hall–Kier alpha value is -1.46. The molecule has 0 bridgehead atoms. The minimum Gasteiger partial charge on any atom is -0.412 e. The van der Waals surface area contributed by atoms with Crippen LogP contribution in [-0.4, -0.2) is 123 Å². The van der Waals surface area contributed by atoms with Crippen molar-refractivity contribution < 1.29 is 83.3 Å². The number of nitrogens with one attached hydrogen (secondary N) is 1. The Bertz CT molecular complexity index is 1130.